The maximum absolute atomic E-state index is 16.2. The summed E-state index contributed by atoms with van der Waals surface area (Å²) in [6.45, 7) is 24.7. The summed E-state index contributed by atoms with van der Waals surface area (Å²) in [7, 11) is 0. The van der Waals surface area contributed by atoms with Crippen LogP contribution in [0.1, 0.15) is 488 Å². The highest BCUT2D eigenvalue weighted by Crippen LogP contribution is 2.52. The van der Waals surface area contributed by atoms with Gasteiger partial charge in [-0.2, -0.15) is 0 Å². The second kappa shape index (κ2) is 61.3. The molecule has 0 saturated heterocycles. The van der Waals surface area contributed by atoms with Crippen LogP contribution in [0, 0.1) is 23.7 Å². The average Bonchev–Trinajstić information content (AvgIpc) is 1.57. The third kappa shape index (κ3) is 34.9. The molecule has 2 aliphatic rings. The summed E-state index contributed by atoms with van der Waals surface area (Å²) in [5, 5.41) is 5.10. The molecule has 4 nitrogen and oxygen atoms in total. The van der Waals surface area contributed by atoms with Gasteiger partial charge in [0.2, 0.25) is 0 Å². The van der Waals surface area contributed by atoms with Crippen molar-refractivity contribution in [3.05, 3.63) is 105 Å². The summed E-state index contributed by atoms with van der Waals surface area (Å²) in [4.78, 5) is 45.2. The number of amides is 2. The van der Waals surface area contributed by atoms with Gasteiger partial charge in [-0.1, -0.05) is 466 Å². The first kappa shape index (κ1) is 101. The molecule has 672 valence electrons. The van der Waals surface area contributed by atoms with E-state index in [-0.39, 0.29) is 11.8 Å². The Morgan fingerprint density at radius 3 is 0.775 bits per heavy atom. The van der Waals surface area contributed by atoms with Crippen molar-refractivity contribution in [1.29, 1.82) is 0 Å². The lowest BCUT2D eigenvalue weighted by atomic mass is 9.88. The Balaban J connectivity index is 1.22. The molecule has 0 bridgehead atoms. The average molecular weight is 1710 g/mol. The van der Waals surface area contributed by atoms with Crippen LogP contribution in [-0.4, -0.2) is 24.9 Å². The fourth-order valence-corrected chi connectivity index (χ4v) is 24.6. The molecule has 6 heterocycles. The first-order valence-corrected chi connectivity index (χ1v) is 55.5. The van der Waals surface area contributed by atoms with Gasteiger partial charge < -0.3 is 9.80 Å². The van der Waals surface area contributed by atoms with E-state index in [1.165, 1.54) is 424 Å². The van der Waals surface area contributed by atoms with E-state index in [2.05, 4.69) is 150 Å². The highest BCUT2D eigenvalue weighted by molar-refractivity contribution is 7.24. The van der Waals surface area contributed by atoms with Crippen molar-refractivity contribution in [1.82, 2.24) is 0 Å². The van der Waals surface area contributed by atoms with Crippen LogP contribution < -0.4 is 9.80 Å². The number of thiophene rings is 4. The van der Waals surface area contributed by atoms with Crippen LogP contribution in [-0.2, 0) is 35.3 Å². The summed E-state index contributed by atoms with van der Waals surface area (Å²) < 4.78 is 0. The van der Waals surface area contributed by atoms with E-state index in [0.717, 1.165) is 72.9 Å². The van der Waals surface area contributed by atoms with Crippen LogP contribution in [0.3, 0.4) is 0 Å². The van der Waals surface area contributed by atoms with Gasteiger partial charge in [-0.3, -0.25) is 9.59 Å². The van der Waals surface area contributed by atoms with Gasteiger partial charge in [0.25, 0.3) is 11.8 Å². The largest absolute Gasteiger partial charge is 0.308 e. The molecule has 120 heavy (non-hydrogen) atoms. The third-order valence-electron chi connectivity index (χ3n) is 27.5. The minimum atomic E-state index is 0.00762. The van der Waals surface area contributed by atoms with Crippen molar-refractivity contribution in [3.63, 3.8) is 0 Å². The van der Waals surface area contributed by atoms with Crippen LogP contribution in [0.15, 0.2) is 71.4 Å². The number of rotatable bonds is 74. The highest BCUT2D eigenvalue weighted by atomic mass is 32.1. The number of carbonyl (C=O) groups excluding carboxylic acids is 2. The molecule has 4 unspecified atom stereocenters. The first-order chi connectivity index (χ1) is 59.0. The normalized spacial score (nSPS) is 14.6. The lowest BCUT2D eigenvalue weighted by molar-refractivity contribution is -0.114. The van der Waals surface area contributed by atoms with Gasteiger partial charge in [-0.05, 0) is 143 Å². The Labute approximate surface area is 755 Å². The summed E-state index contributed by atoms with van der Waals surface area (Å²) >= 11 is 8.05. The summed E-state index contributed by atoms with van der Waals surface area (Å²) in [6.07, 6.45) is 82.9. The second-order valence-corrected chi connectivity index (χ2v) is 42.1. The van der Waals surface area contributed by atoms with Gasteiger partial charge in [0.05, 0.1) is 22.5 Å². The molecule has 0 aliphatic carbocycles. The van der Waals surface area contributed by atoms with Crippen molar-refractivity contribution in [2.75, 3.05) is 22.9 Å². The number of carbonyl (C=O) groups is 2. The zero-order chi connectivity index (χ0) is 85.0. The summed E-state index contributed by atoms with van der Waals surface area (Å²) in [5.74, 6) is 2.84. The number of fused-ring (bicyclic) bond motifs is 2. The van der Waals surface area contributed by atoms with Crippen molar-refractivity contribution < 1.29 is 9.59 Å². The molecule has 4 atom stereocenters. The third-order valence-corrected chi connectivity index (χ3v) is 32.3. The highest BCUT2D eigenvalue weighted by Gasteiger charge is 2.43. The first-order valence-electron chi connectivity index (χ1n) is 52.1. The number of benzene rings is 2. The SMILES string of the molecule is CCCCCCCCC(CCCCCC)Cc1csc(-c2sc(-c3ccc4c(c3)N(CCCCCCCC)C(=O)/C4=C3/C(=O)N(CCCCCCCC)c4cc(-c5cc(CC(CCCCCC)CCCCCCCC)c(-c6cc(CC(CCCCCC)CCCCCCCC)cs6)s5)ccc43)cc2CC(CCCCCC)CCCCCCCC)c1. The molecule has 0 fully saturated rings. The van der Waals surface area contributed by atoms with Gasteiger partial charge in [0.15, 0.2) is 0 Å². The molecule has 2 amide bonds. The Morgan fingerprint density at radius 2 is 0.500 bits per heavy atom. The maximum Gasteiger partial charge on any atom is 0.259 e. The maximum atomic E-state index is 16.2. The Hall–Kier alpha value is -4.08. The van der Waals surface area contributed by atoms with Gasteiger partial charge in [0.1, 0.15) is 0 Å². The number of hydrogen-bond donors (Lipinski definition) is 0. The van der Waals surface area contributed by atoms with Crippen molar-refractivity contribution in [3.8, 4) is 40.4 Å². The van der Waals surface area contributed by atoms with Crippen molar-refractivity contribution in [2.24, 2.45) is 23.7 Å². The molecule has 6 aromatic rings. The monoisotopic (exact) mass is 1710 g/mol. The van der Waals surface area contributed by atoms with Crippen LogP contribution in [0.5, 0.6) is 0 Å². The molecule has 0 saturated carbocycles. The van der Waals surface area contributed by atoms with E-state index < -0.39 is 0 Å². The van der Waals surface area contributed by atoms with Crippen LogP contribution in [0.2, 0.25) is 0 Å². The number of unbranched alkanes of at least 4 members (excludes halogenated alkanes) is 42. The fourth-order valence-electron chi connectivity index (χ4n) is 20.0. The lowest BCUT2D eigenvalue weighted by Gasteiger charge is -2.18. The van der Waals surface area contributed by atoms with E-state index in [0.29, 0.717) is 36.1 Å². The standard InChI is InChI=1S/C112H178N2O2S4/c1-11-21-31-41-47-57-65-89(63-53-37-27-17-7)77-93-81-105(117-87-93)109-97(79-91(67-55-39-29-19-9)69-59-49-43-33-23-13-3)85-103(119-109)95-71-73-99-101(83-95)113(75-61-51-45-35-25-15-5)111(115)107(99)108-100-74-72-96(84-102(100)114(112(108)116)76-62-52-46-36-26-16-6)104-86-98(80-92(68-56-40-30-20-10)70-60-50-44-34-24-14-4)110(120-104)106-82-94(88-118-106)78-90(64-54-38-28-18-8)66-58-48-42-32-22-12-2/h71-74,81-92H,11-70,75-80H2,1-10H3/b108-107+. The molecule has 4 aromatic heterocycles. The quantitative estimate of drug-likeness (QED) is 0.0282. The van der Waals surface area contributed by atoms with E-state index >= 15 is 9.59 Å². The fraction of sp³-hybridized carbons (Fsp3) is 0.714. The zero-order valence-electron chi connectivity index (χ0n) is 79.3. The van der Waals surface area contributed by atoms with Crippen LogP contribution in [0.4, 0.5) is 11.4 Å². The van der Waals surface area contributed by atoms with Gasteiger partial charge in [-0.25, -0.2) is 0 Å². The van der Waals surface area contributed by atoms with E-state index in [1.807, 2.05) is 45.3 Å². The van der Waals surface area contributed by atoms with Crippen molar-refractivity contribution in [2.45, 2.75) is 480 Å². The van der Waals surface area contributed by atoms with E-state index in [4.69, 9.17) is 0 Å². The Bertz CT molecular complexity index is 3480. The predicted molar refractivity (Wildman–Crippen MR) is 540 cm³/mol. The molecule has 2 aliphatic heterocycles. The van der Waals surface area contributed by atoms with Crippen LogP contribution in [0.25, 0.3) is 51.5 Å². The summed E-state index contributed by atoms with van der Waals surface area (Å²) in [6, 6.07) is 24.5. The molecular weight excluding hydrogens is 1530 g/mol. The van der Waals surface area contributed by atoms with Crippen molar-refractivity contribution >= 4 is 79.7 Å². The number of nitrogens with zero attached hydrogens (tertiary/aromatic N) is 2. The smallest absolute Gasteiger partial charge is 0.259 e. The Morgan fingerprint density at radius 1 is 0.258 bits per heavy atom. The zero-order valence-corrected chi connectivity index (χ0v) is 82.5. The van der Waals surface area contributed by atoms with Gasteiger partial charge in [-0.15, -0.1) is 45.3 Å². The minimum absolute atomic E-state index is 0.00762. The van der Waals surface area contributed by atoms with Gasteiger partial charge in [0, 0.05) is 53.5 Å². The van der Waals surface area contributed by atoms with E-state index in [1.54, 1.807) is 11.1 Å². The predicted octanol–water partition coefficient (Wildman–Crippen LogP) is 38.4. The topological polar surface area (TPSA) is 40.6 Å². The molecule has 0 spiro atoms. The molecule has 0 radical (unpaired) electrons. The Kier molecular flexibility index (Phi) is 51.8. The summed E-state index contributed by atoms with van der Waals surface area (Å²) in [5.41, 5.74) is 13.7. The van der Waals surface area contributed by atoms with Gasteiger partial charge >= 0.3 is 0 Å². The molecular formula is C112H178N2O2S4. The minimum Gasteiger partial charge on any atom is -0.308 e. The van der Waals surface area contributed by atoms with Crippen LogP contribution >= 0.6 is 45.3 Å². The molecule has 8 heteroatoms. The van der Waals surface area contributed by atoms with E-state index in [9.17, 15) is 0 Å². The lowest BCUT2D eigenvalue weighted by Crippen LogP contribution is -2.30. The second-order valence-electron chi connectivity index (χ2n) is 38.1. The molecule has 0 N–H and O–H groups in total. The molecule has 8 rings (SSSR count). The number of anilines is 2. The molecule has 2 aromatic carbocycles. The number of hydrogen-bond acceptors (Lipinski definition) is 6.